The molecule has 1 aromatic carbocycles. The quantitative estimate of drug-likeness (QED) is 0.794. The molecule has 0 aliphatic heterocycles. The standard InChI is InChI=1S/C16H25BrFNO/c1-5-8-19-14(11-20-16(2,3)4)10-12-9-13(18)6-7-15(12)17/h6-7,9,14,19H,5,8,10-11H2,1-4H3. The van der Waals surface area contributed by atoms with E-state index in [0.29, 0.717) is 6.61 Å². The lowest BCUT2D eigenvalue weighted by atomic mass is 10.1. The van der Waals surface area contributed by atoms with Gasteiger partial charge in [-0.05, 0) is 63.9 Å². The fraction of sp³-hybridized carbons (Fsp3) is 0.625. The number of rotatable bonds is 7. The summed E-state index contributed by atoms with van der Waals surface area (Å²) >= 11 is 3.48. The van der Waals surface area contributed by atoms with Crippen molar-refractivity contribution in [2.75, 3.05) is 13.2 Å². The fourth-order valence-electron chi connectivity index (χ4n) is 1.85. The van der Waals surface area contributed by atoms with E-state index in [0.717, 1.165) is 29.4 Å². The summed E-state index contributed by atoms with van der Waals surface area (Å²) in [6.07, 6.45) is 1.81. The van der Waals surface area contributed by atoms with E-state index in [9.17, 15) is 4.39 Å². The van der Waals surface area contributed by atoms with E-state index in [4.69, 9.17) is 4.74 Å². The Morgan fingerprint density at radius 1 is 1.35 bits per heavy atom. The van der Waals surface area contributed by atoms with Gasteiger partial charge in [-0.15, -0.1) is 0 Å². The molecule has 0 bridgehead atoms. The minimum absolute atomic E-state index is 0.161. The summed E-state index contributed by atoms with van der Waals surface area (Å²) in [5.41, 5.74) is 0.807. The second kappa shape index (κ2) is 8.11. The van der Waals surface area contributed by atoms with E-state index in [1.165, 1.54) is 6.07 Å². The van der Waals surface area contributed by atoms with Gasteiger partial charge in [0, 0.05) is 10.5 Å². The maximum atomic E-state index is 13.4. The Morgan fingerprint density at radius 3 is 2.65 bits per heavy atom. The Bertz CT molecular complexity index is 417. The summed E-state index contributed by atoms with van der Waals surface area (Å²) in [7, 11) is 0. The molecule has 0 fully saturated rings. The molecule has 1 rings (SSSR count). The Kier molecular flexibility index (Phi) is 7.13. The van der Waals surface area contributed by atoms with Gasteiger partial charge in [0.1, 0.15) is 5.82 Å². The molecule has 0 spiro atoms. The van der Waals surface area contributed by atoms with Gasteiger partial charge in [0.05, 0.1) is 12.2 Å². The predicted octanol–water partition coefficient (Wildman–Crippen LogP) is 4.31. The molecule has 0 aliphatic carbocycles. The molecule has 1 N–H and O–H groups in total. The molecular weight excluding hydrogens is 321 g/mol. The lowest BCUT2D eigenvalue weighted by Crippen LogP contribution is -2.38. The molecule has 1 unspecified atom stereocenters. The Labute approximate surface area is 130 Å². The maximum Gasteiger partial charge on any atom is 0.123 e. The average molecular weight is 346 g/mol. The first-order valence-electron chi connectivity index (χ1n) is 7.13. The van der Waals surface area contributed by atoms with Crippen LogP contribution in [0.1, 0.15) is 39.7 Å². The summed E-state index contributed by atoms with van der Waals surface area (Å²) in [4.78, 5) is 0. The van der Waals surface area contributed by atoms with E-state index in [1.54, 1.807) is 12.1 Å². The highest BCUT2D eigenvalue weighted by Crippen LogP contribution is 2.20. The largest absolute Gasteiger partial charge is 0.374 e. The van der Waals surface area contributed by atoms with Gasteiger partial charge in [-0.1, -0.05) is 22.9 Å². The van der Waals surface area contributed by atoms with Gasteiger partial charge in [0.25, 0.3) is 0 Å². The van der Waals surface area contributed by atoms with E-state index in [-0.39, 0.29) is 17.5 Å². The van der Waals surface area contributed by atoms with E-state index in [2.05, 4.69) is 28.2 Å². The Hall–Kier alpha value is -0.450. The van der Waals surface area contributed by atoms with Crippen LogP contribution in [0.5, 0.6) is 0 Å². The molecule has 2 nitrogen and oxygen atoms in total. The van der Waals surface area contributed by atoms with Gasteiger partial charge < -0.3 is 10.1 Å². The van der Waals surface area contributed by atoms with Crippen molar-refractivity contribution in [3.8, 4) is 0 Å². The van der Waals surface area contributed by atoms with Crippen LogP contribution < -0.4 is 5.32 Å². The highest BCUT2D eigenvalue weighted by molar-refractivity contribution is 9.10. The fourth-order valence-corrected chi connectivity index (χ4v) is 2.26. The lowest BCUT2D eigenvalue weighted by Gasteiger charge is -2.25. The van der Waals surface area contributed by atoms with Crippen LogP contribution in [0.4, 0.5) is 4.39 Å². The van der Waals surface area contributed by atoms with Crippen molar-refractivity contribution in [1.82, 2.24) is 5.32 Å². The van der Waals surface area contributed by atoms with Gasteiger partial charge in [-0.2, -0.15) is 0 Å². The topological polar surface area (TPSA) is 21.3 Å². The van der Waals surface area contributed by atoms with Crippen LogP contribution in [0.2, 0.25) is 0 Å². The van der Waals surface area contributed by atoms with Gasteiger partial charge >= 0.3 is 0 Å². The van der Waals surface area contributed by atoms with Crippen molar-refractivity contribution < 1.29 is 9.13 Å². The van der Waals surface area contributed by atoms with Crippen molar-refractivity contribution >= 4 is 15.9 Å². The summed E-state index contributed by atoms with van der Waals surface area (Å²) in [5.74, 6) is -0.200. The van der Waals surface area contributed by atoms with Crippen molar-refractivity contribution in [2.24, 2.45) is 0 Å². The molecule has 0 aromatic heterocycles. The second-order valence-electron chi connectivity index (χ2n) is 6.01. The zero-order chi connectivity index (χ0) is 15.2. The van der Waals surface area contributed by atoms with Crippen molar-refractivity contribution in [3.63, 3.8) is 0 Å². The SMILES string of the molecule is CCCNC(COC(C)(C)C)Cc1cc(F)ccc1Br. The molecule has 1 aromatic rings. The molecule has 0 aliphatic rings. The first kappa shape index (κ1) is 17.6. The summed E-state index contributed by atoms with van der Waals surface area (Å²) in [6.45, 7) is 9.82. The van der Waals surface area contributed by atoms with Crippen LogP contribution in [0.15, 0.2) is 22.7 Å². The first-order valence-corrected chi connectivity index (χ1v) is 7.92. The van der Waals surface area contributed by atoms with Crippen LogP contribution in [0.25, 0.3) is 0 Å². The molecule has 0 heterocycles. The maximum absolute atomic E-state index is 13.4. The van der Waals surface area contributed by atoms with Crippen molar-refractivity contribution in [1.29, 1.82) is 0 Å². The zero-order valence-electron chi connectivity index (χ0n) is 12.8. The molecular formula is C16H25BrFNO. The van der Waals surface area contributed by atoms with Gasteiger partial charge in [-0.3, -0.25) is 0 Å². The molecule has 20 heavy (non-hydrogen) atoms. The van der Waals surface area contributed by atoms with Crippen LogP contribution >= 0.6 is 15.9 Å². The van der Waals surface area contributed by atoms with E-state index < -0.39 is 0 Å². The molecule has 0 saturated carbocycles. The Balaban J connectivity index is 2.70. The lowest BCUT2D eigenvalue weighted by molar-refractivity contribution is -0.0143. The third-order valence-electron chi connectivity index (χ3n) is 2.87. The summed E-state index contributed by atoms with van der Waals surface area (Å²) in [5, 5.41) is 3.47. The highest BCUT2D eigenvalue weighted by atomic mass is 79.9. The van der Waals surface area contributed by atoms with Crippen LogP contribution in [0.3, 0.4) is 0 Å². The minimum atomic E-state index is -0.200. The van der Waals surface area contributed by atoms with Crippen LogP contribution in [-0.2, 0) is 11.2 Å². The summed E-state index contributed by atoms with van der Waals surface area (Å²) < 4.78 is 20.2. The second-order valence-corrected chi connectivity index (χ2v) is 6.87. The van der Waals surface area contributed by atoms with Gasteiger partial charge in [0.15, 0.2) is 0 Å². The molecule has 1 atom stereocenters. The smallest absolute Gasteiger partial charge is 0.123 e. The van der Waals surface area contributed by atoms with Gasteiger partial charge in [0.2, 0.25) is 0 Å². The molecule has 4 heteroatoms. The normalized spacial score (nSPS) is 13.5. The average Bonchev–Trinajstić information content (AvgIpc) is 2.36. The van der Waals surface area contributed by atoms with E-state index in [1.807, 2.05) is 20.8 Å². The molecule has 0 amide bonds. The monoisotopic (exact) mass is 345 g/mol. The Morgan fingerprint density at radius 2 is 2.05 bits per heavy atom. The number of nitrogens with one attached hydrogen (secondary N) is 1. The third-order valence-corrected chi connectivity index (χ3v) is 3.65. The van der Waals surface area contributed by atoms with Crippen molar-refractivity contribution in [3.05, 3.63) is 34.1 Å². The third kappa shape index (κ3) is 6.82. The summed E-state index contributed by atoms with van der Waals surface area (Å²) in [6, 6.07) is 4.99. The molecule has 0 saturated heterocycles. The van der Waals surface area contributed by atoms with Crippen LogP contribution in [-0.4, -0.2) is 24.8 Å². The minimum Gasteiger partial charge on any atom is -0.374 e. The number of benzene rings is 1. The first-order chi connectivity index (χ1) is 9.31. The number of halogens is 2. The number of hydrogen-bond acceptors (Lipinski definition) is 2. The van der Waals surface area contributed by atoms with E-state index >= 15 is 0 Å². The number of hydrogen-bond donors (Lipinski definition) is 1. The highest BCUT2D eigenvalue weighted by Gasteiger charge is 2.16. The van der Waals surface area contributed by atoms with Gasteiger partial charge in [-0.25, -0.2) is 4.39 Å². The number of ether oxygens (including phenoxy) is 1. The molecule has 114 valence electrons. The van der Waals surface area contributed by atoms with Crippen LogP contribution in [0, 0.1) is 5.82 Å². The molecule has 0 radical (unpaired) electrons. The van der Waals surface area contributed by atoms with Crippen molar-refractivity contribution in [2.45, 2.75) is 52.2 Å². The zero-order valence-corrected chi connectivity index (χ0v) is 14.4. The predicted molar refractivity (Wildman–Crippen MR) is 85.6 cm³/mol.